The average molecular weight is 315 g/mol. The molecule has 5 heteroatoms. The lowest BCUT2D eigenvalue weighted by Gasteiger charge is -2.43. The van der Waals surface area contributed by atoms with Crippen LogP contribution in [-0.4, -0.2) is 44.2 Å². The molecule has 1 amide bonds. The van der Waals surface area contributed by atoms with Crippen LogP contribution in [0.25, 0.3) is 5.52 Å². The molecule has 23 heavy (non-hydrogen) atoms. The first kappa shape index (κ1) is 16.0. The Labute approximate surface area is 136 Å². The zero-order chi connectivity index (χ0) is 16.6. The van der Waals surface area contributed by atoms with E-state index in [0.717, 1.165) is 11.9 Å². The van der Waals surface area contributed by atoms with Crippen molar-refractivity contribution in [3.63, 3.8) is 0 Å². The van der Waals surface area contributed by atoms with Crippen LogP contribution in [0.15, 0.2) is 30.6 Å². The Balaban J connectivity index is 1.82. The van der Waals surface area contributed by atoms with Crippen LogP contribution in [0, 0.1) is 11.8 Å². The molecule has 3 heterocycles. The molecule has 1 aliphatic rings. The molecule has 0 bridgehead atoms. The molecule has 1 fully saturated rings. The van der Waals surface area contributed by atoms with Crippen LogP contribution in [0.5, 0.6) is 0 Å². The highest BCUT2D eigenvalue weighted by Crippen LogP contribution is 2.33. The normalized spacial score (nSPS) is 25.3. The number of amides is 1. The van der Waals surface area contributed by atoms with Gasteiger partial charge in [0.15, 0.2) is 0 Å². The third-order valence-electron chi connectivity index (χ3n) is 4.91. The summed E-state index contributed by atoms with van der Waals surface area (Å²) in [6.07, 6.45) is 5.03. The third-order valence-corrected chi connectivity index (χ3v) is 4.91. The molecule has 0 spiro atoms. The molecule has 0 saturated carbocycles. The van der Waals surface area contributed by atoms with Gasteiger partial charge >= 0.3 is 0 Å². The molecule has 0 radical (unpaired) electrons. The molecule has 2 aromatic heterocycles. The lowest BCUT2D eigenvalue weighted by atomic mass is 9.78. The van der Waals surface area contributed by atoms with Crippen LogP contribution in [0.4, 0.5) is 0 Å². The van der Waals surface area contributed by atoms with Gasteiger partial charge in [0.1, 0.15) is 0 Å². The largest absolute Gasteiger partial charge is 0.390 e. The predicted molar refractivity (Wildman–Crippen MR) is 89.3 cm³/mol. The molecule has 0 aromatic carbocycles. The molecule has 3 rings (SSSR count). The molecule has 124 valence electrons. The van der Waals surface area contributed by atoms with Crippen molar-refractivity contribution in [2.75, 3.05) is 13.1 Å². The van der Waals surface area contributed by atoms with Gasteiger partial charge in [-0.2, -0.15) is 5.10 Å². The van der Waals surface area contributed by atoms with Gasteiger partial charge in [0.05, 0.1) is 22.9 Å². The Morgan fingerprint density at radius 2 is 2.26 bits per heavy atom. The van der Waals surface area contributed by atoms with Crippen LogP contribution in [0.3, 0.4) is 0 Å². The Hall–Kier alpha value is -1.88. The number of likely N-dealkylation sites (tertiary alicyclic amines) is 1. The van der Waals surface area contributed by atoms with E-state index in [1.165, 1.54) is 0 Å². The van der Waals surface area contributed by atoms with E-state index in [4.69, 9.17) is 0 Å². The first-order valence-corrected chi connectivity index (χ1v) is 8.32. The second-order valence-electron chi connectivity index (χ2n) is 7.27. The van der Waals surface area contributed by atoms with Crippen molar-refractivity contribution < 1.29 is 9.90 Å². The van der Waals surface area contributed by atoms with Gasteiger partial charge in [0, 0.05) is 25.2 Å². The van der Waals surface area contributed by atoms with E-state index in [1.54, 1.807) is 10.7 Å². The second kappa shape index (κ2) is 5.96. The van der Waals surface area contributed by atoms with E-state index < -0.39 is 5.60 Å². The van der Waals surface area contributed by atoms with Crippen LogP contribution in [0.2, 0.25) is 0 Å². The van der Waals surface area contributed by atoms with Gasteiger partial charge in [-0.05, 0) is 37.8 Å². The molecule has 5 nitrogen and oxygen atoms in total. The van der Waals surface area contributed by atoms with E-state index in [2.05, 4.69) is 18.9 Å². The maximum Gasteiger partial charge on any atom is 0.257 e. The molecule has 2 atom stereocenters. The van der Waals surface area contributed by atoms with Crippen LogP contribution >= 0.6 is 0 Å². The van der Waals surface area contributed by atoms with Gasteiger partial charge in [-0.1, -0.05) is 19.9 Å². The quantitative estimate of drug-likeness (QED) is 0.947. The van der Waals surface area contributed by atoms with Crippen molar-refractivity contribution in [1.82, 2.24) is 14.5 Å². The summed E-state index contributed by atoms with van der Waals surface area (Å²) in [5, 5.41) is 14.9. The number of carbonyl (C=O) groups excluding carboxylic acids is 1. The van der Waals surface area contributed by atoms with E-state index >= 15 is 0 Å². The molecule has 2 aromatic rings. The first-order valence-electron chi connectivity index (χ1n) is 8.32. The van der Waals surface area contributed by atoms with E-state index in [0.29, 0.717) is 31.0 Å². The number of aromatic nitrogens is 2. The summed E-state index contributed by atoms with van der Waals surface area (Å²) in [6.45, 7) is 7.40. The van der Waals surface area contributed by atoms with Crippen molar-refractivity contribution in [2.45, 2.75) is 39.2 Å². The van der Waals surface area contributed by atoms with Crippen molar-refractivity contribution in [3.05, 3.63) is 36.2 Å². The minimum atomic E-state index is -0.692. The monoisotopic (exact) mass is 315 g/mol. The van der Waals surface area contributed by atoms with Gasteiger partial charge in [-0.15, -0.1) is 0 Å². The predicted octanol–water partition coefficient (Wildman–Crippen LogP) is 2.59. The standard InChI is InChI=1S/C18H25N3O2/c1-13(2)10-14-12-20(9-7-18(14,3)23)17(22)15-11-19-21-8-5-4-6-16(15)21/h4-6,8,11,13-14,23H,7,9-10,12H2,1-3H3/t14-,18+/m0/s1. The van der Waals surface area contributed by atoms with Gasteiger partial charge in [-0.25, -0.2) is 4.52 Å². The van der Waals surface area contributed by atoms with E-state index in [9.17, 15) is 9.90 Å². The topological polar surface area (TPSA) is 57.8 Å². The van der Waals surface area contributed by atoms with Crippen molar-refractivity contribution in [1.29, 1.82) is 0 Å². The summed E-state index contributed by atoms with van der Waals surface area (Å²) < 4.78 is 1.72. The summed E-state index contributed by atoms with van der Waals surface area (Å²) in [5.74, 6) is 0.621. The van der Waals surface area contributed by atoms with Crippen LogP contribution in [0.1, 0.15) is 44.0 Å². The Kier molecular flexibility index (Phi) is 4.15. The summed E-state index contributed by atoms with van der Waals surface area (Å²) in [4.78, 5) is 14.8. The fraction of sp³-hybridized carbons (Fsp3) is 0.556. The zero-order valence-electron chi connectivity index (χ0n) is 14.1. The number of hydrogen-bond acceptors (Lipinski definition) is 3. The van der Waals surface area contributed by atoms with E-state index in [-0.39, 0.29) is 11.8 Å². The number of fused-ring (bicyclic) bond motifs is 1. The van der Waals surface area contributed by atoms with Gasteiger partial charge in [0.25, 0.3) is 5.91 Å². The minimum Gasteiger partial charge on any atom is -0.390 e. The lowest BCUT2D eigenvalue weighted by molar-refractivity contribution is -0.0576. The average Bonchev–Trinajstić information content (AvgIpc) is 2.92. The molecule has 1 saturated heterocycles. The van der Waals surface area contributed by atoms with E-state index in [1.807, 2.05) is 36.2 Å². The molecular weight excluding hydrogens is 290 g/mol. The van der Waals surface area contributed by atoms with Crippen molar-refractivity contribution in [2.24, 2.45) is 11.8 Å². The van der Waals surface area contributed by atoms with Gasteiger partial charge < -0.3 is 10.0 Å². The number of nitrogens with zero attached hydrogens (tertiary/aromatic N) is 3. The fourth-order valence-electron chi connectivity index (χ4n) is 3.47. The van der Waals surface area contributed by atoms with Crippen LogP contribution in [-0.2, 0) is 0 Å². The van der Waals surface area contributed by atoms with Crippen molar-refractivity contribution in [3.8, 4) is 0 Å². The number of piperidine rings is 1. The Bertz CT molecular complexity index is 705. The number of rotatable bonds is 3. The highest BCUT2D eigenvalue weighted by molar-refractivity contribution is 6.00. The fourth-order valence-corrected chi connectivity index (χ4v) is 3.47. The number of pyridine rings is 1. The SMILES string of the molecule is CC(C)C[C@H]1CN(C(=O)c2cnn3ccccc23)CC[C@@]1(C)O. The highest BCUT2D eigenvalue weighted by Gasteiger charge is 2.39. The third kappa shape index (κ3) is 3.11. The zero-order valence-corrected chi connectivity index (χ0v) is 14.1. The molecule has 0 aliphatic carbocycles. The van der Waals surface area contributed by atoms with Crippen LogP contribution < -0.4 is 0 Å². The summed E-state index contributed by atoms with van der Waals surface area (Å²) >= 11 is 0. The second-order valence-corrected chi connectivity index (χ2v) is 7.27. The highest BCUT2D eigenvalue weighted by atomic mass is 16.3. The molecule has 1 N–H and O–H groups in total. The summed E-state index contributed by atoms with van der Waals surface area (Å²) in [6, 6.07) is 5.72. The molecule has 1 aliphatic heterocycles. The molecular formula is C18H25N3O2. The Morgan fingerprint density at radius 3 is 3.00 bits per heavy atom. The maximum absolute atomic E-state index is 12.9. The maximum atomic E-state index is 12.9. The Morgan fingerprint density at radius 1 is 1.48 bits per heavy atom. The van der Waals surface area contributed by atoms with Gasteiger partial charge in [-0.3, -0.25) is 4.79 Å². The van der Waals surface area contributed by atoms with Gasteiger partial charge in [0.2, 0.25) is 0 Å². The molecule has 0 unspecified atom stereocenters. The lowest BCUT2D eigenvalue weighted by Crippen LogP contribution is -2.52. The summed E-state index contributed by atoms with van der Waals surface area (Å²) in [5.41, 5.74) is 0.771. The number of hydrogen-bond donors (Lipinski definition) is 1. The van der Waals surface area contributed by atoms with Crippen molar-refractivity contribution >= 4 is 11.4 Å². The number of carbonyl (C=O) groups is 1. The smallest absolute Gasteiger partial charge is 0.257 e. The summed E-state index contributed by atoms with van der Waals surface area (Å²) in [7, 11) is 0. The minimum absolute atomic E-state index is 0.00968. The first-order chi connectivity index (χ1) is 10.9. The number of aliphatic hydroxyl groups is 1.